The SMILES string of the molecule is Cc1cc(C2CN(C)CCO2)ccc1[N+](=O)[O-].O=C=O. The maximum Gasteiger partial charge on any atom is 0.373 e. The van der Waals surface area contributed by atoms with Crippen molar-refractivity contribution in [2.24, 2.45) is 0 Å². The number of nitro groups is 1. The largest absolute Gasteiger partial charge is 0.373 e. The van der Waals surface area contributed by atoms with Gasteiger partial charge in [-0.25, -0.2) is 0 Å². The molecule has 1 aromatic rings. The summed E-state index contributed by atoms with van der Waals surface area (Å²) < 4.78 is 5.68. The van der Waals surface area contributed by atoms with E-state index in [0.717, 1.165) is 18.7 Å². The summed E-state index contributed by atoms with van der Waals surface area (Å²) in [5, 5.41) is 10.7. The summed E-state index contributed by atoms with van der Waals surface area (Å²) in [7, 11) is 2.05. The van der Waals surface area contributed by atoms with Gasteiger partial charge in [0.2, 0.25) is 0 Å². The topological polar surface area (TPSA) is 89.8 Å². The summed E-state index contributed by atoms with van der Waals surface area (Å²) in [5.74, 6) is 0. The molecule has 108 valence electrons. The molecule has 0 saturated carbocycles. The summed E-state index contributed by atoms with van der Waals surface area (Å²) in [5.41, 5.74) is 1.86. The minimum Gasteiger partial charge on any atom is -0.371 e. The molecule has 1 saturated heterocycles. The second-order valence-corrected chi connectivity index (χ2v) is 4.51. The molecule has 0 amide bonds. The molecule has 7 heteroatoms. The van der Waals surface area contributed by atoms with E-state index in [0.29, 0.717) is 12.2 Å². The summed E-state index contributed by atoms with van der Waals surface area (Å²) in [6, 6.07) is 5.19. The number of aryl methyl sites for hydroxylation is 1. The minimum absolute atomic E-state index is 0.0215. The molecule has 1 unspecified atom stereocenters. The fraction of sp³-hybridized carbons (Fsp3) is 0.462. The van der Waals surface area contributed by atoms with Gasteiger partial charge in [-0.2, -0.15) is 9.59 Å². The van der Waals surface area contributed by atoms with Crippen LogP contribution < -0.4 is 0 Å². The number of morpholine rings is 1. The number of benzene rings is 1. The Balaban J connectivity index is 0.000000612. The Morgan fingerprint density at radius 2 is 2.10 bits per heavy atom. The van der Waals surface area contributed by atoms with E-state index in [2.05, 4.69) is 4.90 Å². The molecule has 1 atom stereocenters. The first-order valence-electron chi connectivity index (χ1n) is 6.04. The number of nitrogens with zero attached hydrogens (tertiary/aromatic N) is 2. The molecular weight excluding hydrogens is 264 g/mol. The fourth-order valence-electron chi connectivity index (χ4n) is 2.06. The van der Waals surface area contributed by atoms with Crippen LogP contribution in [0, 0.1) is 17.0 Å². The first-order chi connectivity index (χ1) is 9.49. The zero-order valence-corrected chi connectivity index (χ0v) is 11.4. The third kappa shape index (κ3) is 4.24. The molecule has 1 aromatic carbocycles. The Labute approximate surface area is 116 Å². The number of ether oxygens (including phenoxy) is 1. The zero-order valence-electron chi connectivity index (χ0n) is 11.4. The summed E-state index contributed by atoms with van der Waals surface area (Å²) >= 11 is 0. The Morgan fingerprint density at radius 3 is 2.60 bits per heavy atom. The smallest absolute Gasteiger partial charge is 0.371 e. The molecule has 1 aliphatic rings. The van der Waals surface area contributed by atoms with E-state index in [1.165, 1.54) is 0 Å². The lowest BCUT2D eigenvalue weighted by Crippen LogP contribution is -2.35. The molecule has 0 N–H and O–H groups in total. The van der Waals surface area contributed by atoms with Crippen molar-refractivity contribution in [2.45, 2.75) is 13.0 Å². The highest BCUT2D eigenvalue weighted by Gasteiger charge is 2.21. The first kappa shape index (κ1) is 16.0. The number of hydrogen-bond donors (Lipinski definition) is 0. The summed E-state index contributed by atoms with van der Waals surface area (Å²) in [6.45, 7) is 4.23. The van der Waals surface area contributed by atoms with Crippen molar-refractivity contribution in [3.63, 3.8) is 0 Å². The van der Waals surface area contributed by atoms with Crippen LogP contribution in [0.1, 0.15) is 17.2 Å². The molecule has 0 aliphatic carbocycles. The average molecular weight is 280 g/mol. The predicted octanol–water partition coefficient (Wildman–Crippen LogP) is 1.32. The van der Waals surface area contributed by atoms with E-state index in [-0.39, 0.29) is 22.9 Å². The van der Waals surface area contributed by atoms with Crippen molar-refractivity contribution in [3.05, 3.63) is 39.4 Å². The van der Waals surface area contributed by atoms with E-state index < -0.39 is 0 Å². The molecule has 1 aliphatic heterocycles. The van der Waals surface area contributed by atoms with Gasteiger partial charge in [0.1, 0.15) is 0 Å². The number of carbonyl (C=O) groups excluding carboxylic acids is 2. The van der Waals surface area contributed by atoms with Crippen LogP contribution >= 0.6 is 0 Å². The van der Waals surface area contributed by atoms with Gasteiger partial charge < -0.3 is 9.64 Å². The molecule has 1 heterocycles. The van der Waals surface area contributed by atoms with Gasteiger partial charge in [-0.3, -0.25) is 10.1 Å². The molecule has 0 radical (unpaired) electrons. The monoisotopic (exact) mass is 280 g/mol. The van der Waals surface area contributed by atoms with E-state index in [9.17, 15) is 10.1 Å². The molecule has 0 aromatic heterocycles. The third-order valence-corrected chi connectivity index (χ3v) is 3.06. The Morgan fingerprint density at radius 1 is 1.45 bits per heavy atom. The molecule has 20 heavy (non-hydrogen) atoms. The Bertz CT molecular complexity index is 511. The highest BCUT2D eigenvalue weighted by Crippen LogP contribution is 2.26. The lowest BCUT2D eigenvalue weighted by Gasteiger charge is -2.30. The van der Waals surface area contributed by atoms with E-state index in [1.807, 2.05) is 13.1 Å². The number of nitro benzene ring substituents is 1. The van der Waals surface area contributed by atoms with Crippen molar-refractivity contribution in [2.75, 3.05) is 26.7 Å². The third-order valence-electron chi connectivity index (χ3n) is 3.06. The van der Waals surface area contributed by atoms with Crippen molar-refractivity contribution in [1.29, 1.82) is 0 Å². The minimum atomic E-state index is -0.354. The van der Waals surface area contributed by atoms with Crippen LogP contribution in [-0.2, 0) is 14.3 Å². The van der Waals surface area contributed by atoms with Crippen LogP contribution in [0.15, 0.2) is 18.2 Å². The van der Waals surface area contributed by atoms with Gasteiger partial charge in [0.25, 0.3) is 5.69 Å². The van der Waals surface area contributed by atoms with Crippen molar-refractivity contribution >= 4 is 11.8 Å². The quantitative estimate of drug-likeness (QED) is 0.599. The van der Waals surface area contributed by atoms with Gasteiger partial charge in [-0.15, -0.1) is 0 Å². The second kappa shape index (κ2) is 7.49. The molecule has 0 spiro atoms. The van der Waals surface area contributed by atoms with Crippen molar-refractivity contribution < 1.29 is 19.2 Å². The van der Waals surface area contributed by atoms with E-state index >= 15 is 0 Å². The highest BCUT2D eigenvalue weighted by molar-refractivity contribution is 5.42. The Kier molecular flexibility index (Phi) is 5.99. The van der Waals surface area contributed by atoms with Crippen LogP contribution in [0.5, 0.6) is 0 Å². The molecule has 1 fully saturated rings. The van der Waals surface area contributed by atoms with Crippen LogP contribution in [0.25, 0.3) is 0 Å². The maximum absolute atomic E-state index is 10.7. The van der Waals surface area contributed by atoms with Gasteiger partial charge in [0.05, 0.1) is 17.6 Å². The maximum atomic E-state index is 10.7. The fourth-order valence-corrected chi connectivity index (χ4v) is 2.06. The highest BCUT2D eigenvalue weighted by atomic mass is 16.6. The zero-order chi connectivity index (χ0) is 15.1. The predicted molar refractivity (Wildman–Crippen MR) is 69.0 cm³/mol. The first-order valence-corrected chi connectivity index (χ1v) is 6.04. The van der Waals surface area contributed by atoms with Crippen molar-refractivity contribution in [3.8, 4) is 0 Å². The Hall–Kier alpha value is -2.08. The normalized spacial score (nSPS) is 18.6. The van der Waals surface area contributed by atoms with Crippen LogP contribution in [0.2, 0.25) is 0 Å². The lowest BCUT2D eigenvalue weighted by atomic mass is 10.0. The molecule has 2 rings (SSSR count). The van der Waals surface area contributed by atoms with Gasteiger partial charge in [-0.05, 0) is 31.7 Å². The van der Waals surface area contributed by atoms with Gasteiger partial charge in [0.15, 0.2) is 0 Å². The van der Waals surface area contributed by atoms with Crippen LogP contribution in [0.3, 0.4) is 0 Å². The molecular formula is C13H16N2O5. The molecule has 7 nitrogen and oxygen atoms in total. The van der Waals surface area contributed by atoms with Gasteiger partial charge in [-0.1, -0.05) is 0 Å². The van der Waals surface area contributed by atoms with E-state index in [1.54, 1.807) is 19.1 Å². The summed E-state index contributed by atoms with van der Waals surface area (Å²) in [4.78, 5) is 28.8. The lowest BCUT2D eigenvalue weighted by molar-refractivity contribution is -0.385. The number of likely N-dealkylation sites (N-methyl/N-ethyl adjacent to an activating group) is 1. The molecule has 0 bridgehead atoms. The van der Waals surface area contributed by atoms with Gasteiger partial charge >= 0.3 is 6.15 Å². The second-order valence-electron chi connectivity index (χ2n) is 4.51. The van der Waals surface area contributed by atoms with Crippen LogP contribution in [0.4, 0.5) is 5.69 Å². The number of hydrogen-bond acceptors (Lipinski definition) is 6. The summed E-state index contributed by atoms with van der Waals surface area (Å²) in [6.07, 6.45) is 0.272. The van der Waals surface area contributed by atoms with E-state index in [4.69, 9.17) is 14.3 Å². The van der Waals surface area contributed by atoms with Gasteiger partial charge in [0, 0.05) is 24.7 Å². The van der Waals surface area contributed by atoms with Crippen molar-refractivity contribution in [1.82, 2.24) is 4.90 Å². The number of rotatable bonds is 2. The van der Waals surface area contributed by atoms with Crippen LogP contribution in [-0.4, -0.2) is 42.7 Å². The average Bonchev–Trinajstić information content (AvgIpc) is 2.39. The standard InChI is InChI=1S/C12H16N2O3.CO2/c1-9-7-10(3-4-11(9)14(15)16)12-8-13(2)5-6-17-12;2-1-3/h3-4,7,12H,5-6,8H2,1-2H3;.